The number of ether oxygens (including phenoxy) is 1. The van der Waals surface area contributed by atoms with E-state index in [4.69, 9.17) is 9.84 Å². The molecule has 18 heavy (non-hydrogen) atoms. The molecule has 1 aliphatic heterocycles. The van der Waals surface area contributed by atoms with Crippen molar-refractivity contribution in [1.82, 2.24) is 5.32 Å². The minimum absolute atomic E-state index is 0.0134. The van der Waals surface area contributed by atoms with Crippen molar-refractivity contribution in [2.45, 2.75) is 44.1 Å². The van der Waals surface area contributed by atoms with Crippen molar-refractivity contribution in [1.29, 1.82) is 0 Å². The molecule has 4 heteroatoms. The number of fused-ring (bicyclic) bond motifs is 3. The van der Waals surface area contributed by atoms with Gasteiger partial charge in [0.15, 0.2) is 0 Å². The Hall–Kier alpha value is -1.39. The van der Waals surface area contributed by atoms with Gasteiger partial charge in [-0.2, -0.15) is 0 Å². The number of nitrogens with one attached hydrogen (secondary N) is 1. The standard InChI is InChI=1S/C14H17NO3/c1-8-12(14(16)17)15-11-7-6-9-4-2-3-5-10(9)13(11)18-8/h2-5,8,11-13,15H,6-7H2,1H3,(H,16,17). The number of rotatable bonds is 1. The molecular weight excluding hydrogens is 230 g/mol. The average molecular weight is 247 g/mol. The summed E-state index contributed by atoms with van der Waals surface area (Å²) in [6.07, 6.45) is 1.59. The Balaban J connectivity index is 1.89. The Labute approximate surface area is 106 Å². The van der Waals surface area contributed by atoms with Gasteiger partial charge in [-0.1, -0.05) is 24.3 Å². The van der Waals surface area contributed by atoms with Crippen LogP contribution in [0.4, 0.5) is 0 Å². The Kier molecular flexibility index (Phi) is 2.84. The van der Waals surface area contributed by atoms with Gasteiger partial charge in [0.1, 0.15) is 6.04 Å². The van der Waals surface area contributed by atoms with Crippen molar-refractivity contribution in [3.05, 3.63) is 35.4 Å². The van der Waals surface area contributed by atoms with E-state index in [-0.39, 0.29) is 18.2 Å². The second kappa shape index (κ2) is 4.37. The number of carboxylic acids is 1. The first-order chi connectivity index (χ1) is 8.66. The van der Waals surface area contributed by atoms with E-state index in [9.17, 15) is 4.79 Å². The van der Waals surface area contributed by atoms with Crippen LogP contribution in [-0.4, -0.2) is 29.3 Å². The third kappa shape index (κ3) is 1.82. The molecule has 0 aromatic heterocycles. The lowest BCUT2D eigenvalue weighted by Crippen LogP contribution is -2.58. The molecule has 4 atom stereocenters. The average Bonchev–Trinajstić information content (AvgIpc) is 2.37. The maximum Gasteiger partial charge on any atom is 0.323 e. The molecule has 0 amide bonds. The molecule has 0 radical (unpaired) electrons. The van der Waals surface area contributed by atoms with E-state index in [1.54, 1.807) is 0 Å². The van der Waals surface area contributed by atoms with Crippen LogP contribution in [0.25, 0.3) is 0 Å². The highest BCUT2D eigenvalue weighted by Crippen LogP contribution is 2.36. The number of carbonyl (C=O) groups is 1. The maximum absolute atomic E-state index is 11.1. The SMILES string of the molecule is CC1OC2c3ccccc3CCC2NC1C(=O)O. The minimum atomic E-state index is -0.834. The zero-order chi connectivity index (χ0) is 12.7. The van der Waals surface area contributed by atoms with Crippen molar-refractivity contribution in [3.8, 4) is 0 Å². The predicted molar refractivity (Wildman–Crippen MR) is 66.4 cm³/mol. The van der Waals surface area contributed by atoms with Crippen molar-refractivity contribution in [3.63, 3.8) is 0 Å². The first kappa shape index (κ1) is 11.7. The number of hydrogen-bond donors (Lipinski definition) is 2. The summed E-state index contributed by atoms with van der Waals surface area (Å²) in [4.78, 5) is 11.1. The van der Waals surface area contributed by atoms with E-state index < -0.39 is 12.0 Å². The highest BCUT2D eigenvalue weighted by Gasteiger charge is 2.41. The van der Waals surface area contributed by atoms with Gasteiger partial charge in [0.2, 0.25) is 0 Å². The Morgan fingerprint density at radius 3 is 3.00 bits per heavy atom. The number of morpholine rings is 1. The van der Waals surface area contributed by atoms with Crippen LogP contribution in [0.1, 0.15) is 30.6 Å². The van der Waals surface area contributed by atoms with Crippen molar-refractivity contribution in [2.75, 3.05) is 0 Å². The molecule has 2 N–H and O–H groups in total. The molecule has 2 aliphatic rings. The fraction of sp³-hybridized carbons (Fsp3) is 0.500. The summed E-state index contributed by atoms with van der Waals surface area (Å²) in [5.74, 6) is -0.834. The van der Waals surface area contributed by atoms with Crippen LogP contribution < -0.4 is 5.32 Å². The summed E-state index contributed by atoms with van der Waals surface area (Å²) in [5.41, 5.74) is 2.53. The van der Waals surface area contributed by atoms with E-state index in [1.165, 1.54) is 11.1 Å². The third-order valence-electron chi connectivity index (χ3n) is 3.94. The minimum Gasteiger partial charge on any atom is -0.480 e. The van der Waals surface area contributed by atoms with Gasteiger partial charge in [-0.25, -0.2) is 0 Å². The van der Waals surface area contributed by atoms with Crippen LogP contribution in [0.2, 0.25) is 0 Å². The second-order valence-corrected chi connectivity index (χ2v) is 5.09. The molecule has 96 valence electrons. The lowest BCUT2D eigenvalue weighted by atomic mass is 9.84. The summed E-state index contributed by atoms with van der Waals surface area (Å²) >= 11 is 0. The zero-order valence-corrected chi connectivity index (χ0v) is 10.3. The van der Waals surface area contributed by atoms with Crippen LogP contribution >= 0.6 is 0 Å². The topological polar surface area (TPSA) is 58.6 Å². The van der Waals surface area contributed by atoms with Crippen LogP contribution in [0, 0.1) is 0 Å². The molecule has 1 heterocycles. The summed E-state index contributed by atoms with van der Waals surface area (Å²) in [7, 11) is 0. The Bertz CT molecular complexity index is 474. The Morgan fingerprint density at radius 1 is 1.44 bits per heavy atom. The molecule has 0 bridgehead atoms. The van der Waals surface area contributed by atoms with Gasteiger partial charge in [-0.3, -0.25) is 10.1 Å². The van der Waals surface area contributed by atoms with E-state index >= 15 is 0 Å². The molecule has 0 spiro atoms. The molecule has 1 aliphatic carbocycles. The van der Waals surface area contributed by atoms with Crippen LogP contribution in [0.15, 0.2) is 24.3 Å². The molecule has 1 aromatic rings. The second-order valence-electron chi connectivity index (χ2n) is 5.09. The number of aryl methyl sites for hydroxylation is 1. The molecule has 1 aromatic carbocycles. The van der Waals surface area contributed by atoms with Gasteiger partial charge < -0.3 is 9.84 Å². The largest absolute Gasteiger partial charge is 0.480 e. The van der Waals surface area contributed by atoms with Crippen molar-refractivity contribution >= 4 is 5.97 Å². The monoisotopic (exact) mass is 247 g/mol. The van der Waals surface area contributed by atoms with Crippen molar-refractivity contribution in [2.24, 2.45) is 0 Å². The highest BCUT2D eigenvalue weighted by atomic mass is 16.5. The van der Waals surface area contributed by atoms with Crippen LogP contribution in [0.5, 0.6) is 0 Å². The predicted octanol–water partition coefficient (Wildman–Crippen LogP) is 1.50. The molecule has 4 unspecified atom stereocenters. The van der Waals surface area contributed by atoms with Gasteiger partial charge in [0, 0.05) is 6.04 Å². The molecule has 0 saturated carbocycles. The fourth-order valence-corrected chi connectivity index (χ4v) is 3.01. The normalized spacial score (nSPS) is 34.5. The Morgan fingerprint density at radius 2 is 2.22 bits per heavy atom. The van der Waals surface area contributed by atoms with Gasteiger partial charge in [0.25, 0.3) is 0 Å². The van der Waals surface area contributed by atoms with Crippen LogP contribution in [0.3, 0.4) is 0 Å². The third-order valence-corrected chi connectivity index (χ3v) is 3.94. The van der Waals surface area contributed by atoms with Crippen molar-refractivity contribution < 1.29 is 14.6 Å². The van der Waals surface area contributed by atoms with E-state index in [0.29, 0.717) is 0 Å². The first-order valence-corrected chi connectivity index (χ1v) is 6.39. The smallest absolute Gasteiger partial charge is 0.323 e. The lowest BCUT2D eigenvalue weighted by Gasteiger charge is -2.43. The van der Waals surface area contributed by atoms with Gasteiger partial charge in [-0.15, -0.1) is 0 Å². The maximum atomic E-state index is 11.1. The van der Waals surface area contributed by atoms with Crippen LogP contribution in [-0.2, 0) is 16.0 Å². The van der Waals surface area contributed by atoms with E-state index in [2.05, 4.69) is 17.4 Å². The highest BCUT2D eigenvalue weighted by molar-refractivity contribution is 5.74. The summed E-state index contributed by atoms with van der Waals surface area (Å²) in [5, 5.41) is 12.4. The summed E-state index contributed by atoms with van der Waals surface area (Å²) in [6, 6.07) is 7.77. The molecule has 4 nitrogen and oxygen atoms in total. The number of hydrogen-bond acceptors (Lipinski definition) is 3. The number of carboxylic acid groups (broad SMARTS) is 1. The summed E-state index contributed by atoms with van der Waals surface area (Å²) in [6.45, 7) is 1.82. The summed E-state index contributed by atoms with van der Waals surface area (Å²) < 4.78 is 5.95. The number of benzene rings is 1. The van der Waals surface area contributed by atoms with E-state index in [0.717, 1.165) is 12.8 Å². The zero-order valence-electron chi connectivity index (χ0n) is 10.3. The van der Waals surface area contributed by atoms with Gasteiger partial charge >= 0.3 is 5.97 Å². The quantitative estimate of drug-likeness (QED) is 0.789. The number of aliphatic carboxylic acids is 1. The molecule has 1 fully saturated rings. The lowest BCUT2D eigenvalue weighted by molar-refractivity contribution is -0.153. The van der Waals surface area contributed by atoms with Gasteiger partial charge in [-0.05, 0) is 30.9 Å². The first-order valence-electron chi connectivity index (χ1n) is 6.39. The van der Waals surface area contributed by atoms with Gasteiger partial charge in [0.05, 0.1) is 12.2 Å². The molecule has 1 saturated heterocycles. The molecular formula is C14H17NO3. The fourth-order valence-electron chi connectivity index (χ4n) is 3.01. The molecule has 3 rings (SSSR count). The van der Waals surface area contributed by atoms with E-state index in [1.807, 2.05) is 19.1 Å².